The zero-order valence-corrected chi connectivity index (χ0v) is 16.6. The zero-order valence-electron chi connectivity index (χ0n) is 15.8. The zero-order chi connectivity index (χ0) is 19.2. The predicted octanol–water partition coefficient (Wildman–Crippen LogP) is -0.353. The molecule has 0 radical (unpaired) electrons. The van der Waals surface area contributed by atoms with Crippen LogP contribution >= 0.6 is 0 Å². The maximum atomic E-state index is 12.4. The lowest BCUT2D eigenvalue weighted by atomic mass is 10.0. The summed E-state index contributed by atoms with van der Waals surface area (Å²) < 4.78 is 34.7. The van der Waals surface area contributed by atoms with E-state index in [-0.39, 0.29) is 0 Å². The number of anilines is 1. The van der Waals surface area contributed by atoms with E-state index in [4.69, 9.17) is 4.74 Å². The van der Waals surface area contributed by atoms with E-state index in [0.29, 0.717) is 38.1 Å². The molecule has 0 aromatic carbocycles. The second-order valence-electron chi connectivity index (χ2n) is 7.33. The van der Waals surface area contributed by atoms with Gasteiger partial charge in [0.05, 0.1) is 12.9 Å². The van der Waals surface area contributed by atoms with Gasteiger partial charge in [-0.1, -0.05) is 0 Å². The van der Waals surface area contributed by atoms with Gasteiger partial charge in [-0.15, -0.1) is 0 Å². The molecule has 27 heavy (non-hydrogen) atoms. The van der Waals surface area contributed by atoms with Gasteiger partial charge in [0.1, 0.15) is 6.33 Å². The van der Waals surface area contributed by atoms with Crippen molar-refractivity contribution in [1.29, 1.82) is 0 Å². The van der Waals surface area contributed by atoms with E-state index in [2.05, 4.69) is 19.9 Å². The van der Waals surface area contributed by atoms with Crippen LogP contribution in [-0.2, 0) is 21.5 Å². The molecule has 2 fully saturated rings. The van der Waals surface area contributed by atoms with Crippen molar-refractivity contribution >= 4 is 27.2 Å². The highest BCUT2D eigenvalue weighted by molar-refractivity contribution is 7.86. The SMILES string of the molecule is COCCn1cnc2c(N3CC4CN(S(=O)(=O)N(C)C)CC4C3)ncnc21. The van der Waals surface area contributed by atoms with Gasteiger partial charge in [-0.2, -0.15) is 17.0 Å². The minimum atomic E-state index is -3.35. The molecule has 148 valence electrons. The molecule has 10 nitrogen and oxygen atoms in total. The first-order valence-electron chi connectivity index (χ1n) is 8.99. The Labute approximate surface area is 158 Å². The van der Waals surface area contributed by atoms with Gasteiger partial charge >= 0.3 is 0 Å². The normalized spacial score (nSPS) is 23.6. The highest BCUT2D eigenvalue weighted by Crippen LogP contribution is 2.36. The average molecular weight is 395 g/mol. The molecule has 0 spiro atoms. The number of ether oxygens (including phenoxy) is 1. The molecule has 0 N–H and O–H groups in total. The maximum absolute atomic E-state index is 12.4. The van der Waals surface area contributed by atoms with Crippen molar-refractivity contribution in [3.05, 3.63) is 12.7 Å². The fraction of sp³-hybridized carbons (Fsp3) is 0.688. The number of fused-ring (bicyclic) bond motifs is 2. The van der Waals surface area contributed by atoms with Crippen molar-refractivity contribution in [2.75, 3.05) is 58.9 Å². The van der Waals surface area contributed by atoms with Gasteiger partial charge in [0.25, 0.3) is 10.2 Å². The van der Waals surface area contributed by atoms with Gasteiger partial charge in [-0.05, 0) is 11.8 Å². The minimum Gasteiger partial charge on any atom is -0.383 e. The molecule has 2 aromatic rings. The first-order chi connectivity index (χ1) is 12.9. The van der Waals surface area contributed by atoms with E-state index in [0.717, 1.165) is 30.1 Å². The third kappa shape index (κ3) is 3.18. The standard InChI is InChI=1S/C16H25N7O3S/c1-20(2)27(24,25)23-8-12-6-22(7-13(12)9-23)16-14-15(17-10-18-16)21(11-19-14)4-5-26-3/h10-13H,4-9H2,1-3H3. The van der Waals surface area contributed by atoms with E-state index in [1.807, 2.05) is 4.57 Å². The number of hydrogen-bond donors (Lipinski definition) is 0. The monoisotopic (exact) mass is 395 g/mol. The summed E-state index contributed by atoms with van der Waals surface area (Å²) in [6.07, 6.45) is 3.34. The Kier molecular flexibility index (Phi) is 4.78. The number of imidazole rings is 1. The number of aromatic nitrogens is 4. The van der Waals surface area contributed by atoms with Gasteiger partial charge in [0.2, 0.25) is 0 Å². The molecule has 4 rings (SSSR count). The topological polar surface area (TPSA) is 96.7 Å². The molecule has 11 heteroatoms. The fourth-order valence-electron chi connectivity index (χ4n) is 4.00. The molecule has 2 aliphatic heterocycles. The molecule has 0 saturated carbocycles. The predicted molar refractivity (Wildman–Crippen MR) is 101 cm³/mol. The van der Waals surface area contributed by atoms with Crippen LogP contribution in [0, 0.1) is 11.8 Å². The van der Waals surface area contributed by atoms with Crippen LogP contribution in [0.15, 0.2) is 12.7 Å². The Morgan fingerprint density at radius 2 is 1.85 bits per heavy atom. The molecule has 2 unspecified atom stereocenters. The Hall–Kier alpha value is -1.82. The molecule has 0 bridgehead atoms. The minimum absolute atomic E-state index is 0.306. The fourth-order valence-corrected chi connectivity index (χ4v) is 5.22. The summed E-state index contributed by atoms with van der Waals surface area (Å²) in [4.78, 5) is 15.6. The van der Waals surface area contributed by atoms with Crippen molar-refractivity contribution in [1.82, 2.24) is 28.1 Å². The Morgan fingerprint density at radius 1 is 1.15 bits per heavy atom. The number of methoxy groups -OCH3 is 1. The molecule has 4 heterocycles. The summed E-state index contributed by atoms with van der Waals surface area (Å²) in [6, 6.07) is 0. The van der Waals surface area contributed by atoms with Crippen LogP contribution in [-0.4, -0.2) is 90.5 Å². The van der Waals surface area contributed by atoms with Gasteiger partial charge in [0.15, 0.2) is 17.0 Å². The van der Waals surface area contributed by atoms with Crippen molar-refractivity contribution < 1.29 is 13.2 Å². The summed E-state index contributed by atoms with van der Waals surface area (Å²) in [5.41, 5.74) is 1.58. The van der Waals surface area contributed by atoms with Crippen LogP contribution in [0.4, 0.5) is 5.82 Å². The lowest BCUT2D eigenvalue weighted by molar-refractivity contribution is 0.188. The summed E-state index contributed by atoms with van der Waals surface area (Å²) in [5, 5.41) is 0. The van der Waals surface area contributed by atoms with Crippen LogP contribution in [0.25, 0.3) is 11.2 Å². The Bertz CT molecular complexity index is 915. The second kappa shape index (κ2) is 6.97. The lowest BCUT2D eigenvalue weighted by Crippen LogP contribution is -2.40. The van der Waals surface area contributed by atoms with E-state index in [1.54, 1.807) is 38.2 Å². The van der Waals surface area contributed by atoms with Crippen molar-refractivity contribution in [2.45, 2.75) is 6.54 Å². The molecule has 0 aliphatic carbocycles. The van der Waals surface area contributed by atoms with Crippen molar-refractivity contribution in [3.8, 4) is 0 Å². The van der Waals surface area contributed by atoms with Crippen LogP contribution < -0.4 is 4.90 Å². The van der Waals surface area contributed by atoms with Crippen LogP contribution in [0.2, 0.25) is 0 Å². The number of hydrogen-bond acceptors (Lipinski definition) is 7. The third-order valence-corrected chi connectivity index (χ3v) is 7.33. The number of rotatable bonds is 6. The van der Waals surface area contributed by atoms with E-state index >= 15 is 0 Å². The molecular weight excluding hydrogens is 370 g/mol. The Balaban J connectivity index is 1.52. The van der Waals surface area contributed by atoms with Crippen LogP contribution in [0.3, 0.4) is 0 Å². The smallest absolute Gasteiger partial charge is 0.281 e. The quantitative estimate of drug-likeness (QED) is 0.659. The summed E-state index contributed by atoms with van der Waals surface area (Å²) in [5.74, 6) is 1.44. The molecular formula is C16H25N7O3S. The maximum Gasteiger partial charge on any atom is 0.281 e. The first kappa shape index (κ1) is 18.5. The summed E-state index contributed by atoms with van der Waals surface area (Å²) >= 11 is 0. The first-order valence-corrected chi connectivity index (χ1v) is 10.4. The summed E-state index contributed by atoms with van der Waals surface area (Å²) in [7, 11) is 1.48. The van der Waals surface area contributed by atoms with Gasteiger partial charge < -0.3 is 14.2 Å². The number of nitrogens with zero attached hydrogens (tertiary/aromatic N) is 7. The molecule has 0 amide bonds. The van der Waals surface area contributed by atoms with Crippen LogP contribution in [0.1, 0.15) is 0 Å². The van der Waals surface area contributed by atoms with E-state index in [9.17, 15) is 8.42 Å². The lowest BCUT2D eigenvalue weighted by Gasteiger charge is -2.24. The third-order valence-electron chi connectivity index (χ3n) is 5.46. The highest BCUT2D eigenvalue weighted by atomic mass is 32.2. The van der Waals surface area contributed by atoms with Gasteiger partial charge in [-0.3, -0.25) is 0 Å². The Morgan fingerprint density at radius 3 is 2.48 bits per heavy atom. The second-order valence-corrected chi connectivity index (χ2v) is 9.47. The van der Waals surface area contributed by atoms with Crippen LogP contribution in [0.5, 0.6) is 0 Å². The van der Waals surface area contributed by atoms with E-state index < -0.39 is 10.2 Å². The molecule has 2 saturated heterocycles. The highest BCUT2D eigenvalue weighted by Gasteiger charge is 2.45. The molecule has 2 aliphatic rings. The largest absolute Gasteiger partial charge is 0.383 e. The van der Waals surface area contributed by atoms with E-state index in [1.165, 1.54) is 4.31 Å². The van der Waals surface area contributed by atoms with Gasteiger partial charge in [-0.25, -0.2) is 15.0 Å². The summed E-state index contributed by atoms with van der Waals surface area (Å²) in [6.45, 7) is 3.94. The average Bonchev–Trinajstić information content (AvgIpc) is 3.32. The van der Waals surface area contributed by atoms with Gasteiger partial charge in [0, 0.05) is 53.9 Å². The molecule has 2 aromatic heterocycles. The van der Waals surface area contributed by atoms with Crippen molar-refractivity contribution in [3.63, 3.8) is 0 Å². The van der Waals surface area contributed by atoms with Crippen molar-refractivity contribution in [2.24, 2.45) is 11.8 Å². The molecule has 2 atom stereocenters.